The second kappa shape index (κ2) is 8.04. The zero-order valence-corrected chi connectivity index (χ0v) is 15.3. The van der Waals surface area contributed by atoms with Gasteiger partial charge in [-0.3, -0.25) is 4.79 Å². The largest absolute Gasteiger partial charge is 0.496 e. The number of benzene rings is 1. The van der Waals surface area contributed by atoms with Gasteiger partial charge in [-0.25, -0.2) is 0 Å². The van der Waals surface area contributed by atoms with Crippen LogP contribution in [0, 0.1) is 13.8 Å². The Hall–Kier alpha value is -2.23. The molecule has 0 saturated heterocycles. The number of allylic oxidation sites excluding steroid dienone is 1. The molecule has 2 rings (SSSR count). The Morgan fingerprint density at radius 1 is 1.33 bits per heavy atom. The molecule has 0 aliphatic carbocycles. The molecule has 0 atom stereocenters. The van der Waals surface area contributed by atoms with E-state index in [-0.39, 0.29) is 5.91 Å². The van der Waals surface area contributed by atoms with Crippen molar-refractivity contribution in [2.24, 2.45) is 0 Å². The predicted molar refractivity (Wildman–Crippen MR) is 98.4 cm³/mol. The lowest BCUT2D eigenvalue weighted by Gasteiger charge is -2.13. The zero-order chi connectivity index (χ0) is 17.7. The summed E-state index contributed by atoms with van der Waals surface area (Å²) in [6.45, 7) is 8.79. The summed E-state index contributed by atoms with van der Waals surface area (Å²) in [5, 5.41) is 3.99. The van der Waals surface area contributed by atoms with Crippen LogP contribution in [0.2, 0.25) is 0 Å². The fourth-order valence-electron chi connectivity index (χ4n) is 2.91. The first-order valence-corrected chi connectivity index (χ1v) is 8.51. The average Bonchev–Trinajstić information content (AvgIpc) is 2.93. The zero-order valence-electron chi connectivity index (χ0n) is 15.3. The van der Waals surface area contributed by atoms with Crippen LogP contribution in [0.4, 0.5) is 0 Å². The van der Waals surface area contributed by atoms with E-state index in [2.05, 4.69) is 12.2 Å². The van der Waals surface area contributed by atoms with Crippen molar-refractivity contribution < 1.29 is 13.9 Å². The molecule has 0 radical (unpaired) electrons. The Kier molecular flexibility index (Phi) is 6.07. The molecule has 1 N–H and O–H groups in total. The topological polar surface area (TPSA) is 51.5 Å². The van der Waals surface area contributed by atoms with Crippen LogP contribution in [0.25, 0.3) is 16.5 Å². The number of hydrogen-bond donors (Lipinski definition) is 1. The van der Waals surface area contributed by atoms with E-state index >= 15 is 0 Å². The van der Waals surface area contributed by atoms with E-state index in [0.717, 1.165) is 58.2 Å². The van der Waals surface area contributed by atoms with Gasteiger partial charge in [-0.15, -0.1) is 0 Å². The van der Waals surface area contributed by atoms with Crippen LogP contribution in [-0.4, -0.2) is 19.6 Å². The molecule has 0 aliphatic heterocycles. The highest BCUT2D eigenvalue weighted by atomic mass is 16.5. The number of hydrogen-bond acceptors (Lipinski definition) is 3. The fraction of sp³-hybridized carbons (Fsp3) is 0.450. The second-order valence-electron chi connectivity index (χ2n) is 6.20. The maximum absolute atomic E-state index is 12.1. The maximum Gasteiger partial charge on any atom is 0.244 e. The number of fused-ring (bicyclic) bond motifs is 1. The number of rotatable bonds is 7. The Morgan fingerprint density at radius 3 is 2.75 bits per heavy atom. The minimum Gasteiger partial charge on any atom is -0.496 e. The predicted octanol–water partition coefficient (Wildman–Crippen LogP) is 4.77. The minimum absolute atomic E-state index is 0.0627. The van der Waals surface area contributed by atoms with Crippen molar-refractivity contribution in [2.45, 2.75) is 47.0 Å². The molecule has 130 valence electrons. The number of nitrogens with one attached hydrogen (secondary N) is 1. The maximum atomic E-state index is 12.1. The van der Waals surface area contributed by atoms with Gasteiger partial charge in [0.2, 0.25) is 5.91 Å². The molecule has 1 aromatic heterocycles. The van der Waals surface area contributed by atoms with Crippen LogP contribution >= 0.6 is 0 Å². The Labute approximate surface area is 143 Å². The molecule has 2 aromatic rings. The molecule has 0 saturated carbocycles. The van der Waals surface area contributed by atoms with Crippen molar-refractivity contribution in [2.75, 3.05) is 13.7 Å². The number of amides is 1. The molecular weight excluding hydrogens is 302 g/mol. The number of carbonyl (C=O) groups excluding carboxylic acids is 1. The molecule has 0 unspecified atom stereocenters. The monoisotopic (exact) mass is 329 g/mol. The molecular formula is C20H27NO3. The number of ether oxygens (including phenoxy) is 1. The summed E-state index contributed by atoms with van der Waals surface area (Å²) in [5.74, 6) is 0.691. The third kappa shape index (κ3) is 3.81. The van der Waals surface area contributed by atoms with Crippen molar-refractivity contribution in [3.05, 3.63) is 35.1 Å². The summed E-state index contributed by atoms with van der Waals surface area (Å²) < 4.78 is 11.2. The molecule has 0 spiro atoms. The molecule has 24 heavy (non-hydrogen) atoms. The smallest absolute Gasteiger partial charge is 0.244 e. The number of unbranched alkanes of at least 4 members (excludes halogenated alkanes) is 2. The van der Waals surface area contributed by atoms with Crippen LogP contribution in [0.5, 0.6) is 5.75 Å². The third-order valence-electron chi connectivity index (χ3n) is 4.29. The number of furan rings is 1. The Balaban J connectivity index is 2.30. The molecule has 1 heterocycles. The molecule has 4 nitrogen and oxygen atoms in total. The SMILES string of the molecule is CCCCCNC(=O)/C=C(\C)c1cc2c(C)coc2c(C)c1OC. The van der Waals surface area contributed by atoms with Gasteiger partial charge in [0.15, 0.2) is 0 Å². The van der Waals surface area contributed by atoms with Crippen molar-refractivity contribution in [1.29, 1.82) is 0 Å². The summed E-state index contributed by atoms with van der Waals surface area (Å²) in [7, 11) is 1.64. The fourth-order valence-corrected chi connectivity index (χ4v) is 2.91. The highest BCUT2D eigenvalue weighted by Gasteiger charge is 2.16. The van der Waals surface area contributed by atoms with Crippen LogP contribution in [0.3, 0.4) is 0 Å². The van der Waals surface area contributed by atoms with Crippen molar-refractivity contribution >= 4 is 22.4 Å². The van der Waals surface area contributed by atoms with E-state index in [0.29, 0.717) is 6.54 Å². The molecule has 0 aliphatic rings. The van der Waals surface area contributed by atoms with E-state index in [1.807, 2.05) is 26.8 Å². The highest BCUT2D eigenvalue weighted by molar-refractivity contribution is 5.98. The summed E-state index contributed by atoms with van der Waals surface area (Å²) in [5.41, 5.74) is 4.68. The summed E-state index contributed by atoms with van der Waals surface area (Å²) >= 11 is 0. The van der Waals surface area contributed by atoms with Crippen LogP contribution in [0.15, 0.2) is 22.8 Å². The van der Waals surface area contributed by atoms with E-state index in [1.165, 1.54) is 0 Å². The first-order valence-electron chi connectivity index (χ1n) is 8.51. The van der Waals surface area contributed by atoms with Gasteiger partial charge in [-0.05, 0) is 44.4 Å². The van der Waals surface area contributed by atoms with E-state index in [9.17, 15) is 4.79 Å². The molecule has 1 amide bonds. The summed E-state index contributed by atoms with van der Waals surface area (Å²) in [4.78, 5) is 12.1. The molecule has 0 bridgehead atoms. The van der Waals surface area contributed by atoms with Gasteiger partial charge in [0.1, 0.15) is 11.3 Å². The number of methoxy groups -OCH3 is 1. The van der Waals surface area contributed by atoms with Crippen molar-refractivity contribution in [1.82, 2.24) is 5.32 Å². The van der Waals surface area contributed by atoms with E-state index < -0.39 is 0 Å². The first-order chi connectivity index (χ1) is 11.5. The van der Waals surface area contributed by atoms with Gasteiger partial charge in [-0.1, -0.05) is 19.8 Å². The van der Waals surface area contributed by atoms with E-state index in [1.54, 1.807) is 19.4 Å². The lowest BCUT2D eigenvalue weighted by Crippen LogP contribution is -2.22. The standard InChI is InChI=1S/C20H27NO3/c1-6-7-8-9-21-18(22)10-13(2)16-11-17-14(3)12-24-20(17)15(4)19(16)23-5/h10-12H,6-9H2,1-5H3,(H,21,22)/b13-10+. The number of aryl methyl sites for hydroxylation is 2. The Morgan fingerprint density at radius 2 is 2.08 bits per heavy atom. The van der Waals surface area contributed by atoms with Crippen LogP contribution < -0.4 is 10.1 Å². The van der Waals surface area contributed by atoms with Gasteiger partial charge in [0, 0.05) is 29.1 Å². The minimum atomic E-state index is -0.0627. The van der Waals surface area contributed by atoms with Gasteiger partial charge in [0.05, 0.1) is 13.4 Å². The van der Waals surface area contributed by atoms with Gasteiger partial charge in [0.25, 0.3) is 0 Å². The van der Waals surface area contributed by atoms with E-state index in [4.69, 9.17) is 9.15 Å². The van der Waals surface area contributed by atoms with Gasteiger partial charge in [-0.2, -0.15) is 0 Å². The van der Waals surface area contributed by atoms with Crippen molar-refractivity contribution in [3.8, 4) is 5.75 Å². The van der Waals surface area contributed by atoms with Crippen molar-refractivity contribution in [3.63, 3.8) is 0 Å². The normalized spacial score (nSPS) is 11.8. The quantitative estimate of drug-likeness (QED) is 0.588. The third-order valence-corrected chi connectivity index (χ3v) is 4.29. The second-order valence-corrected chi connectivity index (χ2v) is 6.20. The molecule has 4 heteroatoms. The Bertz CT molecular complexity index is 756. The van der Waals surface area contributed by atoms with Gasteiger partial charge >= 0.3 is 0 Å². The lowest BCUT2D eigenvalue weighted by atomic mass is 9.98. The molecule has 0 fully saturated rings. The van der Waals surface area contributed by atoms with Gasteiger partial charge < -0.3 is 14.5 Å². The average molecular weight is 329 g/mol. The summed E-state index contributed by atoms with van der Waals surface area (Å²) in [6, 6.07) is 2.04. The molecule has 1 aromatic carbocycles. The first kappa shape index (κ1) is 18.1. The summed E-state index contributed by atoms with van der Waals surface area (Å²) in [6.07, 6.45) is 6.68. The van der Waals surface area contributed by atoms with Crippen LogP contribution in [0.1, 0.15) is 49.8 Å². The van der Waals surface area contributed by atoms with Crippen LogP contribution in [-0.2, 0) is 4.79 Å². The highest BCUT2D eigenvalue weighted by Crippen LogP contribution is 2.37. The number of carbonyl (C=O) groups is 1. The lowest BCUT2D eigenvalue weighted by molar-refractivity contribution is -0.116.